The number of hydrogen-bond donors (Lipinski definition) is 2. The van der Waals surface area contributed by atoms with E-state index in [1.54, 1.807) is 18.2 Å². The van der Waals surface area contributed by atoms with Crippen LogP contribution >= 0.6 is 23.4 Å². The van der Waals surface area contributed by atoms with Crippen molar-refractivity contribution in [3.63, 3.8) is 0 Å². The minimum absolute atomic E-state index is 0.0957. The highest BCUT2D eigenvalue weighted by atomic mass is 35.5. The number of hydrogen-bond acceptors (Lipinski definition) is 3. The molecule has 1 heterocycles. The van der Waals surface area contributed by atoms with Gasteiger partial charge in [-0.15, -0.1) is 11.8 Å². The molecule has 0 bridgehead atoms. The lowest BCUT2D eigenvalue weighted by Gasteiger charge is -2.21. The van der Waals surface area contributed by atoms with Crippen molar-refractivity contribution in [2.24, 2.45) is 0 Å². The van der Waals surface area contributed by atoms with Gasteiger partial charge in [0.1, 0.15) is 5.82 Å². The first kappa shape index (κ1) is 15.8. The lowest BCUT2D eigenvalue weighted by atomic mass is 10.1. The van der Waals surface area contributed by atoms with Gasteiger partial charge >= 0.3 is 0 Å². The van der Waals surface area contributed by atoms with Gasteiger partial charge in [-0.3, -0.25) is 9.59 Å². The van der Waals surface area contributed by atoms with Crippen LogP contribution < -0.4 is 10.6 Å². The van der Waals surface area contributed by atoms with Crippen molar-refractivity contribution in [2.45, 2.75) is 17.1 Å². The van der Waals surface area contributed by atoms with E-state index in [1.807, 2.05) is 6.92 Å². The Morgan fingerprint density at radius 3 is 2.83 bits per heavy atom. The van der Waals surface area contributed by atoms with Gasteiger partial charge < -0.3 is 10.6 Å². The second-order valence-corrected chi connectivity index (χ2v) is 6.83. The van der Waals surface area contributed by atoms with Crippen LogP contribution in [0, 0.1) is 5.82 Å². The van der Waals surface area contributed by atoms with Crippen LogP contribution in [0.25, 0.3) is 0 Å². The number of benzene rings is 2. The molecule has 4 nitrogen and oxygen atoms in total. The molecule has 3 rings (SSSR count). The van der Waals surface area contributed by atoms with Gasteiger partial charge in [-0.2, -0.15) is 0 Å². The summed E-state index contributed by atoms with van der Waals surface area (Å²) < 4.78 is 13.0. The molecule has 0 fully saturated rings. The van der Waals surface area contributed by atoms with Gasteiger partial charge in [-0.25, -0.2) is 4.39 Å². The average molecular weight is 351 g/mol. The van der Waals surface area contributed by atoms with Crippen LogP contribution in [0.5, 0.6) is 0 Å². The van der Waals surface area contributed by atoms with Crippen molar-refractivity contribution in [3.8, 4) is 0 Å². The Labute approximate surface area is 141 Å². The third-order valence-corrected chi connectivity index (χ3v) is 4.84. The first-order valence-electron chi connectivity index (χ1n) is 6.82. The summed E-state index contributed by atoms with van der Waals surface area (Å²) in [6, 6.07) is 8.81. The van der Waals surface area contributed by atoms with Gasteiger partial charge in [-0.1, -0.05) is 11.6 Å². The summed E-state index contributed by atoms with van der Waals surface area (Å²) in [6.07, 6.45) is 0. The number of nitrogens with one attached hydrogen (secondary N) is 2. The molecule has 7 heteroatoms. The maximum Gasteiger partial charge on any atom is 0.255 e. The van der Waals surface area contributed by atoms with Gasteiger partial charge in [0.2, 0.25) is 5.91 Å². The van der Waals surface area contributed by atoms with Crippen LogP contribution in [0.1, 0.15) is 17.3 Å². The molecule has 1 atom stereocenters. The molecule has 23 heavy (non-hydrogen) atoms. The topological polar surface area (TPSA) is 58.2 Å². The number of fused-ring (bicyclic) bond motifs is 1. The van der Waals surface area contributed by atoms with E-state index < -0.39 is 5.82 Å². The first-order chi connectivity index (χ1) is 10.9. The predicted octanol–water partition coefficient (Wildman–Crippen LogP) is 4.16. The zero-order valence-electron chi connectivity index (χ0n) is 12.0. The van der Waals surface area contributed by atoms with E-state index in [-0.39, 0.29) is 22.1 Å². The molecule has 1 aliphatic rings. The number of carbonyl (C=O) groups excluding carboxylic acids is 2. The van der Waals surface area contributed by atoms with Gasteiger partial charge in [0, 0.05) is 10.5 Å². The predicted molar refractivity (Wildman–Crippen MR) is 89.8 cm³/mol. The van der Waals surface area contributed by atoms with Crippen LogP contribution in [0.3, 0.4) is 0 Å². The van der Waals surface area contributed by atoms with Gasteiger partial charge in [0.05, 0.1) is 21.6 Å². The highest BCUT2D eigenvalue weighted by Gasteiger charge is 2.23. The van der Waals surface area contributed by atoms with Gasteiger partial charge in [-0.05, 0) is 43.3 Å². The van der Waals surface area contributed by atoms with E-state index >= 15 is 0 Å². The largest absolute Gasteiger partial charge is 0.324 e. The van der Waals surface area contributed by atoms with Crippen molar-refractivity contribution in [1.82, 2.24) is 0 Å². The number of rotatable bonds is 2. The molecule has 118 valence electrons. The highest BCUT2D eigenvalue weighted by molar-refractivity contribution is 8.00. The van der Waals surface area contributed by atoms with Crippen molar-refractivity contribution in [3.05, 3.63) is 52.8 Å². The number of amides is 2. The average Bonchev–Trinajstić information content (AvgIpc) is 2.50. The van der Waals surface area contributed by atoms with Crippen LogP contribution in [-0.2, 0) is 4.79 Å². The molecule has 0 spiro atoms. The summed E-state index contributed by atoms with van der Waals surface area (Å²) in [7, 11) is 0. The molecule has 0 unspecified atom stereocenters. The fourth-order valence-electron chi connectivity index (χ4n) is 2.14. The van der Waals surface area contributed by atoms with E-state index in [2.05, 4.69) is 10.6 Å². The van der Waals surface area contributed by atoms with E-state index in [0.717, 1.165) is 11.0 Å². The van der Waals surface area contributed by atoms with E-state index in [4.69, 9.17) is 11.6 Å². The fourth-order valence-corrected chi connectivity index (χ4v) is 3.28. The van der Waals surface area contributed by atoms with E-state index in [1.165, 1.54) is 23.9 Å². The second kappa shape index (κ2) is 6.22. The quantitative estimate of drug-likeness (QED) is 0.854. The summed E-state index contributed by atoms with van der Waals surface area (Å²) in [5.41, 5.74) is 1.30. The van der Waals surface area contributed by atoms with E-state index in [9.17, 15) is 14.0 Å². The molecular weight excluding hydrogens is 339 g/mol. The minimum Gasteiger partial charge on any atom is -0.324 e. The minimum atomic E-state index is -0.476. The van der Waals surface area contributed by atoms with Gasteiger partial charge in [0.15, 0.2) is 0 Å². The highest BCUT2D eigenvalue weighted by Crippen LogP contribution is 2.36. The Hall–Kier alpha value is -2.05. The molecule has 1 aliphatic heterocycles. The zero-order valence-corrected chi connectivity index (χ0v) is 13.6. The van der Waals surface area contributed by atoms with Crippen LogP contribution in [0.2, 0.25) is 5.02 Å². The summed E-state index contributed by atoms with van der Waals surface area (Å²) in [5, 5.41) is 5.35. The summed E-state index contributed by atoms with van der Waals surface area (Å²) in [4.78, 5) is 24.9. The molecule has 0 radical (unpaired) electrons. The molecule has 0 aromatic heterocycles. The lowest BCUT2D eigenvalue weighted by molar-refractivity contribution is -0.115. The van der Waals surface area contributed by atoms with Crippen molar-refractivity contribution >= 4 is 46.6 Å². The monoisotopic (exact) mass is 350 g/mol. The Balaban J connectivity index is 1.83. The smallest absolute Gasteiger partial charge is 0.255 e. The molecule has 0 saturated carbocycles. The van der Waals surface area contributed by atoms with Crippen molar-refractivity contribution < 1.29 is 14.0 Å². The molecule has 0 aliphatic carbocycles. The second-order valence-electron chi connectivity index (χ2n) is 5.04. The van der Waals surface area contributed by atoms with Crippen LogP contribution in [-0.4, -0.2) is 17.1 Å². The first-order valence-corrected chi connectivity index (χ1v) is 8.08. The van der Waals surface area contributed by atoms with E-state index in [0.29, 0.717) is 16.9 Å². The third kappa shape index (κ3) is 3.33. The molecule has 0 saturated heterocycles. The fraction of sp³-hybridized carbons (Fsp3) is 0.125. The SMILES string of the molecule is C[C@@H]1Sc2ccc(C(=O)Nc3ccc(F)cc3Cl)cc2NC1=O. The Morgan fingerprint density at radius 2 is 2.09 bits per heavy atom. The van der Waals surface area contributed by atoms with Crippen molar-refractivity contribution in [2.75, 3.05) is 10.6 Å². The Bertz CT molecular complexity index is 813. The maximum absolute atomic E-state index is 13.0. The number of anilines is 2. The summed E-state index contributed by atoms with van der Waals surface area (Å²) in [5.74, 6) is -0.962. The number of thioether (sulfide) groups is 1. The van der Waals surface area contributed by atoms with Crippen molar-refractivity contribution in [1.29, 1.82) is 0 Å². The maximum atomic E-state index is 13.0. The standard InChI is InChI=1S/C16H12ClFN2O2S/c1-8-15(21)20-13-6-9(2-5-14(13)23-8)16(22)19-12-4-3-10(18)7-11(12)17/h2-8H,1H3,(H,19,22)(H,20,21)/t8-/m0/s1. The number of halogens is 2. The lowest BCUT2D eigenvalue weighted by Crippen LogP contribution is -2.26. The molecule has 2 aromatic rings. The molecular formula is C16H12ClFN2O2S. The molecule has 2 amide bonds. The number of carbonyl (C=O) groups is 2. The van der Waals surface area contributed by atoms with Gasteiger partial charge in [0.25, 0.3) is 5.91 Å². The zero-order chi connectivity index (χ0) is 16.6. The van der Waals surface area contributed by atoms with Crippen LogP contribution in [0.15, 0.2) is 41.3 Å². The normalized spacial score (nSPS) is 16.5. The Morgan fingerprint density at radius 1 is 1.30 bits per heavy atom. The molecule has 2 aromatic carbocycles. The third-order valence-electron chi connectivity index (χ3n) is 3.35. The summed E-state index contributed by atoms with van der Waals surface area (Å²) >= 11 is 7.34. The summed E-state index contributed by atoms with van der Waals surface area (Å²) in [6.45, 7) is 1.82. The molecule has 2 N–H and O–H groups in total. The van der Waals surface area contributed by atoms with Crippen LogP contribution in [0.4, 0.5) is 15.8 Å². The Kier molecular flexibility index (Phi) is 4.28.